The summed E-state index contributed by atoms with van der Waals surface area (Å²) in [5.74, 6) is 0.439. The molecule has 19 heavy (non-hydrogen) atoms. The third kappa shape index (κ3) is 4.86. The Balaban J connectivity index is 0.00000180. The van der Waals surface area contributed by atoms with Gasteiger partial charge in [0.15, 0.2) is 0 Å². The van der Waals surface area contributed by atoms with Crippen LogP contribution in [-0.4, -0.2) is 44.9 Å². The average molecular weight is 312 g/mol. The molecule has 0 spiro atoms. The topological polar surface area (TPSA) is 61.4 Å². The first-order chi connectivity index (χ1) is 8.59. The first-order valence-electron chi connectivity index (χ1n) is 7.07. The zero-order chi connectivity index (χ0) is 13.0. The molecule has 2 unspecified atom stereocenters. The van der Waals surface area contributed by atoms with Gasteiger partial charge in [0, 0.05) is 19.1 Å². The summed E-state index contributed by atoms with van der Waals surface area (Å²) in [5.41, 5.74) is 0. The molecule has 0 bridgehead atoms. The van der Waals surface area contributed by atoms with Crippen LogP contribution in [-0.2, 0) is 10.2 Å². The molecule has 0 aliphatic carbocycles. The molecule has 0 amide bonds. The van der Waals surface area contributed by atoms with Crippen LogP contribution in [0, 0.1) is 5.92 Å². The van der Waals surface area contributed by atoms with E-state index in [1.54, 1.807) is 4.31 Å². The Kier molecular flexibility index (Phi) is 7.04. The molecule has 2 heterocycles. The van der Waals surface area contributed by atoms with Crippen molar-refractivity contribution < 1.29 is 8.42 Å². The second-order valence-electron chi connectivity index (χ2n) is 5.52. The van der Waals surface area contributed by atoms with Gasteiger partial charge in [0.25, 0.3) is 10.2 Å². The number of hydrogen-bond donors (Lipinski definition) is 2. The SMILES string of the molecule is CC1CCCCN1S(=O)(=O)NCC1CCCNC1.Cl. The van der Waals surface area contributed by atoms with Gasteiger partial charge in [-0.05, 0) is 51.6 Å². The maximum atomic E-state index is 12.2. The van der Waals surface area contributed by atoms with Crippen LogP contribution in [0.3, 0.4) is 0 Å². The molecular formula is C12H26ClN3O2S. The Morgan fingerprint density at radius 2 is 2.05 bits per heavy atom. The summed E-state index contributed by atoms with van der Waals surface area (Å²) in [6.45, 7) is 5.23. The minimum atomic E-state index is -3.28. The van der Waals surface area contributed by atoms with Gasteiger partial charge in [-0.1, -0.05) is 6.42 Å². The van der Waals surface area contributed by atoms with Gasteiger partial charge in [0.1, 0.15) is 0 Å². The normalized spacial score (nSPS) is 29.7. The van der Waals surface area contributed by atoms with Crippen LogP contribution >= 0.6 is 12.4 Å². The molecule has 5 nitrogen and oxygen atoms in total. The molecule has 0 saturated carbocycles. The predicted octanol–water partition coefficient (Wildman–Crippen LogP) is 1.12. The van der Waals surface area contributed by atoms with E-state index in [2.05, 4.69) is 10.0 Å². The van der Waals surface area contributed by atoms with Gasteiger partial charge in [-0.3, -0.25) is 0 Å². The second kappa shape index (κ2) is 7.78. The Morgan fingerprint density at radius 1 is 1.26 bits per heavy atom. The predicted molar refractivity (Wildman–Crippen MR) is 79.8 cm³/mol. The van der Waals surface area contributed by atoms with Crippen molar-refractivity contribution in [2.45, 2.75) is 45.1 Å². The highest BCUT2D eigenvalue weighted by Crippen LogP contribution is 2.19. The molecule has 2 rings (SSSR count). The van der Waals surface area contributed by atoms with Crippen molar-refractivity contribution in [1.29, 1.82) is 0 Å². The third-order valence-electron chi connectivity index (χ3n) is 4.00. The van der Waals surface area contributed by atoms with Crippen molar-refractivity contribution >= 4 is 22.6 Å². The molecule has 2 aliphatic rings. The molecule has 2 atom stereocenters. The first-order valence-corrected chi connectivity index (χ1v) is 8.51. The number of nitrogens with zero attached hydrogens (tertiary/aromatic N) is 1. The largest absolute Gasteiger partial charge is 0.316 e. The Labute approximate surface area is 123 Å². The van der Waals surface area contributed by atoms with Crippen LogP contribution in [0.1, 0.15) is 39.0 Å². The third-order valence-corrected chi connectivity index (χ3v) is 5.70. The summed E-state index contributed by atoms with van der Waals surface area (Å²) >= 11 is 0. The van der Waals surface area contributed by atoms with Crippen LogP contribution in [0.4, 0.5) is 0 Å². The van der Waals surface area contributed by atoms with Crippen molar-refractivity contribution in [1.82, 2.24) is 14.3 Å². The highest BCUT2D eigenvalue weighted by Gasteiger charge is 2.29. The second-order valence-corrected chi connectivity index (χ2v) is 7.23. The lowest BCUT2D eigenvalue weighted by molar-refractivity contribution is 0.263. The lowest BCUT2D eigenvalue weighted by atomic mass is 10.0. The standard InChI is InChI=1S/C12H25N3O2S.ClH/c1-11-5-2-3-8-15(11)18(16,17)14-10-12-6-4-7-13-9-12;/h11-14H,2-10H2,1H3;1H. The fraction of sp³-hybridized carbons (Fsp3) is 1.00. The van der Waals surface area contributed by atoms with Crippen molar-refractivity contribution in [3.63, 3.8) is 0 Å². The summed E-state index contributed by atoms with van der Waals surface area (Å²) in [7, 11) is -3.28. The maximum Gasteiger partial charge on any atom is 0.279 e. The van der Waals surface area contributed by atoms with E-state index in [9.17, 15) is 8.42 Å². The Bertz CT molecular complexity index is 358. The summed E-state index contributed by atoms with van der Waals surface area (Å²) in [6, 6.07) is 0.140. The molecule has 0 aromatic rings. The number of rotatable bonds is 4. The van der Waals surface area contributed by atoms with Crippen molar-refractivity contribution in [3.8, 4) is 0 Å². The highest BCUT2D eigenvalue weighted by atomic mass is 35.5. The number of hydrogen-bond acceptors (Lipinski definition) is 3. The smallest absolute Gasteiger partial charge is 0.279 e. The molecule has 0 aromatic carbocycles. The van der Waals surface area contributed by atoms with Crippen LogP contribution in [0.15, 0.2) is 0 Å². The van der Waals surface area contributed by atoms with Crippen molar-refractivity contribution in [3.05, 3.63) is 0 Å². The molecule has 0 radical (unpaired) electrons. The minimum absolute atomic E-state index is 0. The van der Waals surface area contributed by atoms with Gasteiger partial charge in [-0.25, -0.2) is 4.72 Å². The fourth-order valence-corrected chi connectivity index (χ4v) is 4.39. The van der Waals surface area contributed by atoms with E-state index in [1.165, 1.54) is 0 Å². The van der Waals surface area contributed by atoms with E-state index in [1.807, 2.05) is 6.92 Å². The van der Waals surface area contributed by atoms with Crippen LogP contribution in [0.2, 0.25) is 0 Å². The summed E-state index contributed by atoms with van der Waals surface area (Å²) in [5, 5.41) is 3.31. The van der Waals surface area contributed by atoms with Crippen molar-refractivity contribution in [2.75, 3.05) is 26.2 Å². The number of piperidine rings is 2. The van der Waals surface area contributed by atoms with Crippen LogP contribution in [0.5, 0.6) is 0 Å². The number of nitrogens with one attached hydrogen (secondary N) is 2. The summed E-state index contributed by atoms with van der Waals surface area (Å²) in [6.07, 6.45) is 5.36. The van der Waals surface area contributed by atoms with E-state index < -0.39 is 10.2 Å². The monoisotopic (exact) mass is 311 g/mol. The average Bonchev–Trinajstić information content (AvgIpc) is 2.38. The van der Waals surface area contributed by atoms with Crippen molar-refractivity contribution in [2.24, 2.45) is 5.92 Å². The lowest BCUT2D eigenvalue weighted by Crippen LogP contribution is -2.49. The van der Waals surface area contributed by atoms with E-state index in [4.69, 9.17) is 0 Å². The molecular weight excluding hydrogens is 286 g/mol. The summed E-state index contributed by atoms with van der Waals surface area (Å²) in [4.78, 5) is 0. The fourth-order valence-electron chi connectivity index (χ4n) is 2.83. The van der Waals surface area contributed by atoms with Gasteiger partial charge >= 0.3 is 0 Å². The molecule has 2 aliphatic heterocycles. The zero-order valence-electron chi connectivity index (χ0n) is 11.6. The van der Waals surface area contributed by atoms with Gasteiger partial charge in [0.2, 0.25) is 0 Å². The van der Waals surface area contributed by atoms with E-state index >= 15 is 0 Å². The van der Waals surface area contributed by atoms with Crippen LogP contribution in [0.25, 0.3) is 0 Å². The van der Waals surface area contributed by atoms with Gasteiger partial charge in [-0.2, -0.15) is 12.7 Å². The molecule has 114 valence electrons. The minimum Gasteiger partial charge on any atom is -0.316 e. The quantitative estimate of drug-likeness (QED) is 0.818. The Hall–Kier alpha value is 0.120. The van der Waals surface area contributed by atoms with Gasteiger partial charge in [-0.15, -0.1) is 12.4 Å². The molecule has 2 fully saturated rings. The number of halogens is 1. The molecule has 7 heteroatoms. The van der Waals surface area contributed by atoms with Crippen LogP contribution < -0.4 is 10.0 Å². The zero-order valence-corrected chi connectivity index (χ0v) is 13.2. The van der Waals surface area contributed by atoms with Gasteiger partial charge in [0.05, 0.1) is 0 Å². The first kappa shape index (κ1) is 17.2. The van der Waals surface area contributed by atoms with E-state index in [0.29, 0.717) is 19.0 Å². The van der Waals surface area contributed by atoms with E-state index in [-0.39, 0.29) is 18.4 Å². The molecule has 2 saturated heterocycles. The molecule has 0 aromatic heterocycles. The summed E-state index contributed by atoms with van der Waals surface area (Å²) < 4.78 is 28.9. The maximum absolute atomic E-state index is 12.2. The highest BCUT2D eigenvalue weighted by molar-refractivity contribution is 7.87. The lowest BCUT2D eigenvalue weighted by Gasteiger charge is -2.33. The Morgan fingerprint density at radius 3 is 2.68 bits per heavy atom. The van der Waals surface area contributed by atoms with Gasteiger partial charge < -0.3 is 5.32 Å². The van der Waals surface area contributed by atoms with E-state index in [0.717, 1.165) is 45.2 Å². The molecule has 2 N–H and O–H groups in total.